The van der Waals surface area contributed by atoms with Gasteiger partial charge in [0.2, 0.25) is 0 Å². The number of hydrogen-bond acceptors (Lipinski definition) is 2. The van der Waals surface area contributed by atoms with Crippen molar-refractivity contribution < 1.29 is 19.8 Å². The number of carboxylic acid groups (broad SMARTS) is 2. The fourth-order valence-corrected chi connectivity index (χ4v) is 0.742. The van der Waals surface area contributed by atoms with Crippen LogP contribution in [0.25, 0.3) is 0 Å². The van der Waals surface area contributed by atoms with E-state index in [1.54, 1.807) is 0 Å². The minimum Gasteiger partial charge on any atom is -0.465 e. The van der Waals surface area contributed by atoms with Crippen LogP contribution in [-0.4, -0.2) is 39.2 Å². The molecule has 0 bridgehead atoms. The van der Waals surface area contributed by atoms with Crippen LogP contribution in [0, 0.1) is 0 Å². The van der Waals surface area contributed by atoms with E-state index in [4.69, 9.17) is 10.2 Å². The zero-order valence-electron chi connectivity index (χ0n) is 5.66. The van der Waals surface area contributed by atoms with Gasteiger partial charge >= 0.3 is 12.2 Å². The Morgan fingerprint density at radius 3 is 2.00 bits per heavy atom. The Balaban J connectivity index is 3.90. The van der Waals surface area contributed by atoms with Crippen molar-refractivity contribution in [2.45, 2.75) is 6.42 Å². The normalized spacial score (nSPS) is 9.18. The molecule has 0 radical (unpaired) electrons. The van der Waals surface area contributed by atoms with Gasteiger partial charge in [-0.25, -0.2) is 14.5 Å². The van der Waals surface area contributed by atoms with E-state index in [1.165, 1.54) is 0 Å². The molecule has 0 aliphatic rings. The third-order valence-electron chi connectivity index (χ3n) is 0.977. The first-order chi connectivity index (χ1) is 5.09. The lowest BCUT2D eigenvalue weighted by Crippen LogP contribution is -2.35. The lowest BCUT2D eigenvalue weighted by molar-refractivity contribution is 0.123. The average molecular weight is 226 g/mol. The molecule has 0 aromatic carbocycles. The smallest absolute Gasteiger partial charge is 0.416 e. The summed E-state index contributed by atoms with van der Waals surface area (Å²) in [7, 11) is 0. The molecule has 64 valence electrons. The Labute approximate surface area is 71.7 Å². The molecule has 0 saturated carbocycles. The van der Waals surface area contributed by atoms with E-state index in [0.29, 0.717) is 16.7 Å². The molecule has 5 nitrogen and oxygen atoms in total. The molecule has 0 heterocycles. The number of rotatable bonds is 3. The first kappa shape index (κ1) is 10.2. The number of hydrogen-bond donors (Lipinski definition) is 2. The van der Waals surface area contributed by atoms with Crippen molar-refractivity contribution in [1.29, 1.82) is 0 Å². The van der Waals surface area contributed by atoms with Gasteiger partial charge in [-0.05, 0) is 6.42 Å². The standard InChI is InChI=1S/C5H8BrNO4/c6-2-1-3-7(4(8)9)5(10)11/h1-3H2,(H,8,9)(H,10,11). The first-order valence-corrected chi connectivity index (χ1v) is 4.01. The number of alkyl halides is 1. The zero-order chi connectivity index (χ0) is 8.85. The molecular formula is C5H8BrNO4. The minimum absolute atomic E-state index is 0.00984. The Kier molecular flexibility index (Phi) is 4.60. The van der Waals surface area contributed by atoms with Crippen LogP contribution in [0.1, 0.15) is 6.42 Å². The lowest BCUT2D eigenvalue weighted by atomic mass is 10.4. The molecule has 2 N–H and O–H groups in total. The number of amides is 2. The van der Waals surface area contributed by atoms with Crippen LogP contribution in [0.15, 0.2) is 0 Å². The summed E-state index contributed by atoms with van der Waals surface area (Å²) >= 11 is 3.06. The van der Waals surface area contributed by atoms with E-state index in [0.717, 1.165) is 0 Å². The molecule has 0 unspecified atom stereocenters. The molecule has 0 atom stereocenters. The highest BCUT2D eigenvalue weighted by Gasteiger charge is 2.17. The van der Waals surface area contributed by atoms with Crippen molar-refractivity contribution in [2.75, 3.05) is 11.9 Å². The molecule has 0 aromatic heterocycles. The third kappa shape index (κ3) is 3.82. The van der Waals surface area contributed by atoms with Crippen LogP contribution in [0.3, 0.4) is 0 Å². The van der Waals surface area contributed by atoms with Gasteiger partial charge in [0.25, 0.3) is 0 Å². The molecule has 2 amide bonds. The van der Waals surface area contributed by atoms with Crippen LogP contribution >= 0.6 is 15.9 Å². The summed E-state index contributed by atoms with van der Waals surface area (Å²) in [5.41, 5.74) is 0. The minimum atomic E-state index is -1.43. The van der Waals surface area contributed by atoms with Gasteiger partial charge in [-0.3, -0.25) is 0 Å². The molecule has 11 heavy (non-hydrogen) atoms. The summed E-state index contributed by atoms with van der Waals surface area (Å²) < 4.78 is 0. The van der Waals surface area contributed by atoms with E-state index in [1.807, 2.05) is 0 Å². The second-order valence-electron chi connectivity index (χ2n) is 1.76. The highest BCUT2D eigenvalue weighted by molar-refractivity contribution is 9.09. The predicted octanol–water partition coefficient (Wildman–Crippen LogP) is 1.43. The highest BCUT2D eigenvalue weighted by Crippen LogP contribution is 1.95. The SMILES string of the molecule is O=C(O)N(CCCBr)C(=O)O. The van der Waals surface area contributed by atoms with Crippen molar-refractivity contribution in [2.24, 2.45) is 0 Å². The van der Waals surface area contributed by atoms with Crippen molar-refractivity contribution in [3.63, 3.8) is 0 Å². The fourth-order valence-electron chi connectivity index (χ4n) is 0.491. The Bertz CT molecular complexity index is 147. The summed E-state index contributed by atoms with van der Waals surface area (Å²) in [5, 5.41) is 17.2. The van der Waals surface area contributed by atoms with E-state index < -0.39 is 12.2 Å². The summed E-state index contributed by atoms with van der Waals surface area (Å²) in [6.07, 6.45) is -2.38. The maximum atomic E-state index is 10.2. The van der Waals surface area contributed by atoms with Crippen LogP contribution < -0.4 is 0 Å². The maximum absolute atomic E-state index is 10.2. The number of nitrogens with zero attached hydrogens (tertiary/aromatic N) is 1. The van der Waals surface area contributed by atoms with Crippen LogP contribution in [0.2, 0.25) is 0 Å². The topological polar surface area (TPSA) is 77.8 Å². The summed E-state index contributed by atoms with van der Waals surface area (Å²) in [5.74, 6) is 0. The Morgan fingerprint density at radius 2 is 1.73 bits per heavy atom. The monoisotopic (exact) mass is 225 g/mol. The number of imide groups is 1. The van der Waals surface area contributed by atoms with Gasteiger partial charge in [0.15, 0.2) is 0 Å². The van der Waals surface area contributed by atoms with Gasteiger partial charge in [0.05, 0.1) is 0 Å². The summed E-state index contributed by atoms with van der Waals surface area (Å²) in [4.78, 5) is 20.7. The maximum Gasteiger partial charge on any atom is 0.416 e. The van der Waals surface area contributed by atoms with Gasteiger partial charge in [-0.1, -0.05) is 15.9 Å². The molecular weight excluding hydrogens is 218 g/mol. The Morgan fingerprint density at radius 1 is 1.27 bits per heavy atom. The van der Waals surface area contributed by atoms with E-state index in [2.05, 4.69) is 15.9 Å². The third-order valence-corrected chi connectivity index (χ3v) is 1.54. The molecule has 0 aliphatic heterocycles. The Hall–Kier alpha value is -0.780. The first-order valence-electron chi connectivity index (χ1n) is 2.89. The average Bonchev–Trinajstić information content (AvgIpc) is 1.87. The van der Waals surface area contributed by atoms with Crippen molar-refractivity contribution >= 4 is 28.1 Å². The lowest BCUT2D eigenvalue weighted by Gasteiger charge is -2.11. The molecule has 0 fully saturated rings. The highest BCUT2D eigenvalue weighted by atomic mass is 79.9. The summed E-state index contributed by atoms with van der Waals surface area (Å²) in [6, 6.07) is 0. The van der Waals surface area contributed by atoms with Gasteiger partial charge in [-0.2, -0.15) is 0 Å². The molecule has 0 aromatic rings. The van der Waals surface area contributed by atoms with E-state index >= 15 is 0 Å². The van der Waals surface area contributed by atoms with Crippen molar-refractivity contribution in [3.8, 4) is 0 Å². The van der Waals surface area contributed by atoms with Crippen molar-refractivity contribution in [3.05, 3.63) is 0 Å². The van der Waals surface area contributed by atoms with E-state index in [9.17, 15) is 9.59 Å². The van der Waals surface area contributed by atoms with Crippen LogP contribution in [0.4, 0.5) is 9.59 Å². The molecule has 0 rings (SSSR count). The van der Waals surface area contributed by atoms with E-state index in [-0.39, 0.29) is 6.54 Å². The molecule has 0 spiro atoms. The molecule has 0 aliphatic carbocycles. The molecule has 6 heteroatoms. The molecule has 0 saturated heterocycles. The van der Waals surface area contributed by atoms with Gasteiger partial charge < -0.3 is 10.2 Å². The van der Waals surface area contributed by atoms with Gasteiger partial charge in [0.1, 0.15) is 0 Å². The largest absolute Gasteiger partial charge is 0.465 e. The second kappa shape index (κ2) is 4.95. The van der Waals surface area contributed by atoms with Crippen molar-refractivity contribution in [1.82, 2.24) is 4.90 Å². The fraction of sp³-hybridized carbons (Fsp3) is 0.600. The predicted molar refractivity (Wildman–Crippen MR) is 41.2 cm³/mol. The van der Waals surface area contributed by atoms with Gasteiger partial charge in [-0.15, -0.1) is 0 Å². The van der Waals surface area contributed by atoms with Gasteiger partial charge in [0, 0.05) is 11.9 Å². The van der Waals surface area contributed by atoms with Crippen LogP contribution in [-0.2, 0) is 0 Å². The zero-order valence-corrected chi connectivity index (χ0v) is 7.24. The number of carbonyl (C=O) groups is 2. The quantitative estimate of drug-likeness (QED) is 0.713. The summed E-state index contributed by atoms with van der Waals surface area (Å²) in [6.45, 7) is 0.00984. The number of halogens is 1. The van der Waals surface area contributed by atoms with Crippen LogP contribution in [0.5, 0.6) is 0 Å². The second-order valence-corrected chi connectivity index (χ2v) is 2.55.